The first-order valence-electron chi connectivity index (χ1n) is 11.0. The Kier molecular flexibility index (Phi) is 5.90. The van der Waals surface area contributed by atoms with Crippen molar-refractivity contribution in [2.45, 2.75) is 71.1 Å². The molecule has 2 aliphatic rings. The van der Waals surface area contributed by atoms with E-state index in [9.17, 15) is 14.7 Å². The fraction of sp³-hybridized carbons (Fsp3) is 0.440. The molecule has 1 N–H and O–H groups in total. The third-order valence-electron chi connectivity index (χ3n) is 5.98. The Labute approximate surface area is 182 Å². The highest BCUT2D eigenvalue weighted by Gasteiger charge is 2.50. The van der Waals surface area contributed by atoms with Gasteiger partial charge in [0, 0.05) is 11.6 Å². The second-order valence-corrected chi connectivity index (χ2v) is 8.64. The van der Waals surface area contributed by atoms with Gasteiger partial charge in [0.2, 0.25) is 0 Å². The van der Waals surface area contributed by atoms with Crippen molar-refractivity contribution in [2.75, 3.05) is 0 Å². The Bertz CT molecular complexity index is 995. The highest BCUT2D eigenvalue weighted by Crippen LogP contribution is 2.43. The second-order valence-electron chi connectivity index (χ2n) is 8.64. The molecule has 0 radical (unpaired) electrons. The Hall–Kier alpha value is -3.02. The van der Waals surface area contributed by atoms with Crippen molar-refractivity contribution in [1.82, 2.24) is 4.90 Å². The molecule has 1 aromatic carbocycles. The van der Waals surface area contributed by atoms with Crippen LogP contribution >= 0.6 is 0 Å². The zero-order valence-corrected chi connectivity index (χ0v) is 18.3. The lowest BCUT2D eigenvalue weighted by atomic mass is 9.92. The van der Waals surface area contributed by atoms with Crippen LogP contribution in [0.4, 0.5) is 0 Å². The summed E-state index contributed by atoms with van der Waals surface area (Å²) in [6.07, 6.45) is 4.91. The normalized spacial score (nSPS) is 21.8. The molecule has 1 aromatic heterocycles. The van der Waals surface area contributed by atoms with Crippen LogP contribution in [-0.2, 0) is 9.59 Å². The van der Waals surface area contributed by atoms with Gasteiger partial charge in [-0.25, -0.2) is 0 Å². The van der Waals surface area contributed by atoms with Gasteiger partial charge in [0.15, 0.2) is 0 Å². The fourth-order valence-corrected chi connectivity index (χ4v) is 4.58. The minimum absolute atomic E-state index is 0.0301. The minimum atomic E-state index is -0.719. The van der Waals surface area contributed by atoms with Crippen LogP contribution in [0.1, 0.15) is 69.1 Å². The van der Waals surface area contributed by atoms with Gasteiger partial charge in [-0.05, 0) is 70.0 Å². The standard InChI is InChI=1S/C25H29NO5/c1-15(2)30-19-12-10-17(11-13-19)23(27)21-22(20-14-9-16(3)31-20)26(25(29)24(21)28)18-7-5-4-6-8-18/h9-15,18,22,27H,4-8H2,1-3H3/b23-21-. The monoisotopic (exact) mass is 423 g/mol. The quantitative estimate of drug-likeness (QED) is 0.410. The molecule has 1 atom stereocenters. The van der Waals surface area contributed by atoms with Gasteiger partial charge in [0.1, 0.15) is 29.1 Å². The van der Waals surface area contributed by atoms with Crippen LogP contribution in [0.3, 0.4) is 0 Å². The van der Waals surface area contributed by atoms with Gasteiger partial charge in [-0.15, -0.1) is 0 Å². The van der Waals surface area contributed by atoms with Gasteiger partial charge in [0.05, 0.1) is 11.7 Å². The summed E-state index contributed by atoms with van der Waals surface area (Å²) in [6, 6.07) is 9.74. The van der Waals surface area contributed by atoms with E-state index in [1.807, 2.05) is 26.8 Å². The van der Waals surface area contributed by atoms with Gasteiger partial charge < -0.3 is 19.2 Å². The van der Waals surface area contributed by atoms with Gasteiger partial charge >= 0.3 is 0 Å². The molecule has 0 spiro atoms. The van der Waals surface area contributed by atoms with Crippen molar-refractivity contribution < 1.29 is 23.8 Å². The number of rotatable bonds is 5. The van der Waals surface area contributed by atoms with Crippen LogP contribution in [-0.4, -0.2) is 33.8 Å². The number of hydrogen-bond acceptors (Lipinski definition) is 5. The van der Waals surface area contributed by atoms with Crippen LogP contribution in [0.5, 0.6) is 5.75 Å². The van der Waals surface area contributed by atoms with Crippen LogP contribution in [0.25, 0.3) is 5.76 Å². The van der Waals surface area contributed by atoms with Gasteiger partial charge in [-0.2, -0.15) is 0 Å². The molecule has 2 aromatic rings. The molecule has 6 nitrogen and oxygen atoms in total. The highest BCUT2D eigenvalue weighted by atomic mass is 16.5. The van der Waals surface area contributed by atoms with Crippen molar-refractivity contribution in [3.63, 3.8) is 0 Å². The average molecular weight is 424 g/mol. The van der Waals surface area contributed by atoms with Crippen LogP contribution in [0.2, 0.25) is 0 Å². The molecular weight excluding hydrogens is 394 g/mol. The number of amides is 1. The number of likely N-dealkylation sites (tertiary alicyclic amines) is 1. The van der Waals surface area contributed by atoms with Crippen molar-refractivity contribution in [3.8, 4) is 5.75 Å². The molecule has 6 heteroatoms. The first-order valence-corrected chi connectivity index (χ1v) is 11.0. The molecule has 1 saturated heterocycles. The average Bonchev–Trinajstić information content (AvgIpc) is 3.29. The molecule has 2 fully saturated rings. The Morgan fingerprint density at radius 3 is 2.32 bits per heavy atom. The van der Waals surface area contributed by atoms with Crippen molar-refractivity contribution in [3.05, 3.63) is 59.1 Å². The van der Waals surface area contributed by atoms with Gasteiger partial charge in [0.25, 0.3) is 11.7 Å². The van der Waals surface area contributed by atoms with Crippen molar-refractivity contribution in [1.29, 1.82) is 0 Å². The molecule has 31 heavy (non-hydrogen) atoms. The molecule has 0 bridgehead atoms. The summed E-state index contributed by atoms with van der Waals surface area (Å²) in [7, 11) is 0. The summed E-state index contributed by atoms with van der Waals surface area (Å²) in [5.41, 5.74) is 0.550. The van der Waals surface area contributed by atoms with Crippen LogP contribution < -0.4 is 4.74 Å². The predicted molar refractivity (Wildman–Crippen MR) is 117 cm³/mol. The van der Waals surface area contributed by atoms with Crippen LogP contribution in [0.15, 0.2) is 46.4 Å². The number of ketones is 1. The van der Waals surface area contributed by atoms with E-state index in [1.165, 1.54) is 0 Å². The van der Waals surface area contributed by atoms with E-state index in [0.717, 1.165) is 32.1 Å². The molecule has 1 aliphatic heterocycles. The topological polar surface area (TPSA) is 80.0 Å². The number of Topliss-reactive ketones (excluding diaryl/α,β-unsaturated/α-hetero) is 1. The third-order valence-corrected chi connectivity index (χ3v) is 5.98. The summed E-state index contributed by atoms with van der Waals surface area (Å²) in [6.45, 7) is 5.70. The number of carbonyl (C=O) groups excluding carboxylic acids is 2. The summed E-state index contributed by atoms with van der Waals surface area (Å²) in [5.74, 6) is 0.458. The number of hydrogen-bond donors (Lipinski definition) is 1. The highest BCUT2D eigenvalue weighted by molar-refractivity contribution is 6.46. The third kappa shape index (κ3) is 4.11. The number of aliphatic hydroxyl groups excluding tert-OH is 1. The van der Waals surface area contributed by atoms with E-state index in [1.54, 1.807) is 35.2 Å². The predicted octanol–water partition coefficient (Wildman–Crippen LogP) is 5.13. The maximum Gasteiger partial charge on any atom is 0.296 e. The van der Waals surface area contributed by atoms with Crippen molar-refractivity contribution in [2.24, 2.45) is 0 Å². The molecule has 1 saturated carbocycles. The SMILES string of the molecule is Cc1ccc(C2/C(=C(/O)c3ccc(OC(C)C)cc3)C(=O)C(=O)N2C2CCCCC2)o1. The van der Waals surface area contributed by atoms with Crippen LogP contribution in [0, 0.1) is 6.92 Å². The number of aryl methyl sites for hydroxylation is 1. The fourth-order valence-electron chi connectivity index (χ4n) is 4.58. The first kappa shape index (κ1) is 21.2. The van der Waals surface area contributed by atoms with Crippen molar-refractivity contribution >= 4 is 17.4 Å². The molecule has 1 amide bonds. The van der Waals surface area contributed by atoms with Gasteiger partial charge in [-0.1, -0.05) is 19.3 Å². The number of carbonyl (C=O) groups is 2. The van der Waals surface area contributed by atoms with E-state index in [0.29, 0.717) is 22.8 Å². The molecular formula is C25H29NO5. The summed E-state index contributed by atoms with van der Waals surface area (Å²) in [5, 5.41) is 11.1. The Balaban J connectivity index is 1.78. The lowest BCUT2D eigenvalue weighted by Crippen LogP contribution is -2.40. The minimum Gasteiger partial charge on any atom is -0.507 e. The summed E-state index contributed by atoms with van der Waals surface area (Å²) < 4.78 is 11.5. The molecule has 164 valence electrons. The number of ether oxygens (including phenoxy) is 1. The van der Waals surface area contributed by atoms with E-state index in [-0.39, 0.29) is 23.5 Å². The molecule has 1 unspecified atom stereocenters. The van der Waals surface area contributed by atoms with E-state index < -0.39 is 17.7 Å². The van der Waals surface area contributed by atoms with E-state index in [2.05, 4.69) is 0 Å². The zero-order chi connectivity index (χ0) is 22.1. The number of nitrogens with zero attached hydrogens (tertiary/aromatic N) is 1. The lowest BCUT2D eigenvalue weighted by molar-refractivity contribution is -0.142. The largest absolute Gasteiger partial charge is 0.507 e. The van der Waals surface area contributed by atoms with E-state index >= 15 is 0 Å². The molecule has 2 heterocycles. The maximum atomic E-state index is 13.1. The Morgan fingerprint density at radius 2 is 1.74 bits per heavy atom. The first-order chi connectivity index (χ1) is 14.9. The maximum absolute atomic E-state index is 13.1. The van der Waals surface area contributed by atoms with Gasteiger partial charge in [-0.3, -0.25) is 9.59 Å². The second kappa shape index (κ2) is 8.61. The summed E-state index contributed by atoms with van der Waals surface area (Å²) >= 11 is 0. The van der Waals surface area contributed by atoms with E-state index in [4.69, 9.17) is 9.15 Å². The number of aliphatic hydroxyl groups is 1. The Morgan fingerprint density at radius 1 is 1.06 bits per heavy atom. The molecule has 4 rings (SSSR count). The smallest absolute Gasteiger partial charge is 0.296 e. The number of benzene rings is 1. The zero-order valence-electron chi connectivity index (χ0n) is 18.3. The number of furan rings is 1. The molecule has 1 aliphatic carbocycles. The summed E-state index contributed by atoms with van der Waals surface area (Å²) in [4.78, 5) is 27.8. The lowest BCUT2D eigenvalue weighted by Gasteiger charge is -2.34.